The Morgan fingerprint density at radius 1 is 1.40 bits per heavy atom. The van der Waals surface area contributed by atoms with Crippen molar-refractivity contribution in [3.8, 4) is 0 Å². The Balaban J connectivity index is 2.26. The Hall–Kier alpha value is -2.44. The van der Waals surface area contributed by atoms with Gasteiger partial charge in [0, 0.05) is 17.3 Å². The van der Waals surface area contributed by atoms with Crippen molar-refractivity contribution in [2.24, 2.45) is 5.92 Å². The largest absolute Gasteiger partial charge is 0.480 e. The third-order valence-corrected chi connectivity index (χ3v) is 3.08. The molecule has 0 bridgehead atoms. The minimum absolute atomic E-state index is 0.205. The molecule has 0 aliphatic carbocycles. The number of amides is 1. The number of fused-ring (bicyclic) bond motifs is 1. The van der Waals surface area contributed by atoms with Gasteiger partial charge in [0.05, 0.1) is 5.56 Å². The number of hydrogen-bond acceptors (Lipinski definition) is 4. The van der Waals surface area contributed by atoms with Gasteiger partial charge < -0.3 is 10.4 Å². The fourth-order valence-electron chi connectivity index (χ4n) is 1.88. The van der Waals surface area contributed by atoms with Gasteiger partial charge in [-0.1, -0.05) is 13.8 Å². The number of carboxylic acid groups (broad SMARTS) is 1. The summed E-state index contributed by atoms with van der Waals surface area (Å²) in [5.74, 6) is -1.72. The van der Waals surface area contributed by atoms with E-state index in [-0.39, 0.29) is 5.92 Å². The SMILES string of the molecule is Cc1[nH]nc2ncc(C(=O)N[C@H](C(=O)O)C(C)C)cc12. The van der Waals surface area contributed by atoms with Gasteiger partial charge in [0.1, 0.15) is 6.04 Å². The van der Waals surface area contributed by atoms with Crippen molar-refractivity contribution in [1.29, 1.82) is 0 Å². The van der Waals surface area contributed by atoms with Gasteiger partial charge in [0.15, 0.2) is 5.65 Å². The van der Waals surface area contributed by atoms with Gasteiger partial charge in [0.25, 0.3) is 5.91 Å². The Morgan fingerprint density at radius 3 is 2.70 bits per heavy atom. The molecule has 0 saturated carbocycles. The maximum Gasteiger partial charge on any atom is 0.326 e. The highest BCUT2D eigenvalue weighted by Crippen LogP contribution is 2.14. The molecule has 7 nitrogen and oxygen atoms in total. The van der Waals surface area contributed by atoms with E-state index in [0.717, 1.165) is 11.1 Å². The van der Waals surface area contributed by atoms with E-state index < -0.39 is 17.9 Å². The maximum atomic E-state index is 12.1. The Bertz CT molecular complexity index is 663. The van der Waals surface area contributed by atoms with E-state index in [1.165, 1.54) is 6.20 Å². The second kappa shape index (κ2) is 5.28. The lowest BCUT2D eigenvalue weighted by molar-refractivity contribution is -0.140. The molecule has 0 aromatic carbocycles. The van der Waals surface area contributed by atoms with Crippen LogP contribution in [-0.2, 0) is 4.79 Å². The van der Waals surface area contributed by atoms with E-state index in [9.17, 15) is 9.59 Å². The van der Waals surface area contributed by atoms with Crippen LogP contribution in [0.1, 0.15) is 29.9 Å². The third kappa shape index (κ3) is 2.61. The molecule has 0 spiro atoms. The highest BCUT2D eigenvalue weighted by Gasteiger charge is 2.24. The van der Waals surface area contributed by atoms with E-state index in [1.807, 2.05) is 6.92 Å². The second-order valence-electron chi connectivity index (χ2n) is 4.98. The molecule has 1 atom stereocenters. The van der Waals surface area contributed by atoms with E-state index in [4.69, 9.17) is 5.11 Å². The number of carbonyl (C=O) groups excluding carboxylic acids is 1. The molecule has 0 saturated heterocycles. The third-order valence-electron chi connectivity index (χ3n) is 3.08. The molecular weight excluding hydrogens is 260 g/mol. The Morgan fingerprint density at radius 2 is 2.10 bits per heavy atom. The summed E-state index contributed by atoms with van der Waals surface area (Å²) in [5, 5.41) is 19.1. The molecule has 3 N–H and O–H groups in total. The predicted molar refractivity (Wildman–Crippen MR) is 72.4 cm³/mol. The molecule has 2 aromatic rings. The van der Waals surface area contributed by atoms with Gasteiger partial charge in [-0.2, -0.15) is 5.10 Å². The van der Waals surface area contributed by atoms with Crippen LogP contribution in [0.3, 0.4) is 0 Å². The highest BCUT2D eigenvalue weighted by atomic mass is 16.4. The minimum atomic E-state index is -1.05. The zero-order valence-electron chi connectivity index (χ0n) is 11.5. The van der Waals surface area contributed by atoms with Crippen molar-refractivity contribution in [2.75, 3.05) is 0 Å². The minimum Gasteiger partial charge on any atom is -0.480 e. The van der Waals surface area contributed by atoms with Gasteiger partial charge in [-0.3, -0.25) is 9.89 Å². The zero-order valence-corrected chi connectivity index (χ0v) is 11.5. The van der Waals surface area contributed by atoms with Crippen molar-refractivity contribution >= 4 is 22.9 Å². The Kier molecular flexibility index (Phi) is 3.69. The molecule has 2 rings (SSSR count). The molecule has 0 fully saturated rings. The van der Waals surface area contributed by atoms with Gasteiger partial charge in [-0.25, -0.2) is 9.78 Å². The van der Waals surface area contributed by atoms with Crippen LogP contribution < -0.4 is 5.32 Å². The zero-order chi connectivity index (χ0) is 14.9. The smallest absolute Gasteiger partial charge is 0.326 e. The number of nitrogens with one attached hydrogen (secondary N) is 2. The summed E-state index contributed by atoms with van der Waals surface area (Å²) in [7, 11) is 0. The van der Waals surface area contributed by atoms with E-state index >= 15 is 0 Å². The summed E-state index contributed by atoms with van der Waals surface area (Å²) in [5.41, 5.74) is 1.65. The summed E-state index contributed by atoms with van der Waals surface area (Å²) < 4.78 is 0. The normalized spacial score (nSPS) is 12.6. The van der Waals surface area contributed by atoms with Crippen molar-refractivity contribution in [3.63, 3.8) is 0 Å². The number of aliphatic carboxylic acids is 1. The van der Waals surface area contributed by atoms with E-state index in [1.54, 1.807) is 19.9 Å². The summed E-state index contributed by atoms with van der Waals surface area (Å²) in [6.45, 7) is 5.30. The van der Waals surface area contributed by atoms with Crippen LogP contribution >= 0.6 is 0 Å². The number of rotatable bonds is 4. The highest BCUT2D eigenvalue weighted by molar-refractivity contribution is 5.99. The van der Waals surface area contributed by atoms with Crippen LogP contribution in [0.4, 0.5) is 0 Å². The van der Waals surface area contributed by atoms with E-state index in [0.29, 0.717) is 11.2 Å². The fraction of sp³-hybridized carbons (Fsp3) is 0.385. The van der Waals surface area contributed by atoms with Crippen molar-refractivity contribution in [2.45, 2.75) is 26.8 Å². The van der Waals surface area contributed by atoms with Crippen LogP contribution in [0.25, 0.3) is 11.0 Å². The van der Waals surface area contributed by atoms with Crippen LogP contribution in [0.15, 0.2) is 12.3 Å². The molecule has 0 radical (unpaired) electrons. The van der Waals surface area contributed by atoms with Crippen LogP contribution in [0, 0.1) is 12.8 Å². The lowest BCUT2D eigenvalue weighted by Crippen LogP contribution is -2.44. The number of carbonyl (C=O) groups is 2. The topological polar surface area (TPSA) is 108 Å². The lowest BCUT2D eigenvalue weighted by atomic mass is 10.0. The van der Waals surface area contributed by atoms with Gasteiger partial charge in [-0.05, 0) is 18.9 Å². The summed E-state index contributed by atoms with van der Waals surface area (Å²) in [6, 6.07) is 0.721. The number of pyridine rings is 1. The van der Waals surface area contributed by atoms with Crippen molar-refractivity contribution in [3.05, 3.63) is 23.5 Å². The van der Waals surface area contributed by atoms with Crippen LogP contribution in [-0.4, -0.2) is 38.2 Å². The first-order chi connectivity index (χ1) is 9.40. The molecule has 0 unspecified atom stereocenters. The lowest BCUT2D eigenvalue weighted by Gasteiger charge is -2.17. The first kappa shape index (κ1) is 14.0. The summed E-state index contributed by atoms with van der Waals surface area (Å²) in [6.07, 6.45) is 1.39. The monoisotopic (exact) mass is 276 g/mol. The number of hydrogen-bond donors (Lipinski definition) is 3. The number of aryl methyl sites for hydroxylation is 1. The van der Waals surface area contributed by atoms with Crippen LogP contribution in [0.5, 0.6) is 0 Å². The number of nitrogens with zero attached hydrogens (tertiary/aromatic N) is 2. The molecule has 1 amide bonds. The molecule has 2 heterocycles. The molecule has 7 heteroatoms. The molecule has 0 aliphatic heterocycles. The molecular formula is C13H16N4O3. The average Bonchev–Trinajstić information content (AvgIpc) is 2.76. The van der Waals surface area contributed by atoms with Crippen LogP contribution in [0.2, 0.25) is 0 Å². The second-order valence-corrected chi connectivity index (χ2v) is 4.98. The van der Waals surface area contributed by atoms with Gasteiger partial charge in [-0.15, -0.1) is 0 Å². The maximum absolute atomic E-state index is 12.1. The first-order valence-corrected chi connectivity index (χ1v) is 6.24. The van der Waals surface area contributed by atoms with Crippen molar-refractivity contribution < 1.29 is 14.7 Å². The summed E-state index contributed by atoms with van der Waals surface area (Å²) in [4.78, 5) is 27.3. The quantitative estimate of drug-likeness (QED) is 0.775. The Labute approximate surface area is 115 Å². The summed E-state index contributed by atoms with van der Waals surface area (Å²) >= 11 is 0. The van der Waals surface area contributed by atoms with E-state index in [2.05, 4.69) is 20.5 Å². The molecule has 106 valence electrons. The standard InChI is InChI=1S/C13H16N4O3/c1-6(2)10(13(19)20)15-12(18)8-4-9-7(3)16-17-11(9)14-5-8/h4-6,10H,1-3H3,(H,15,18)(H,19,20)(H,14,16,17)/t10-/m0/s1. The molecule has 20 heavy (non-hydrogen) atoms. The number of H-pyrrole nitrogens is 1. The number of aromatic nitrogens is 3. The fourth-order valence-corrected chi connectivity index (χ4v) is 1.88. The number of carboxylic acids is 1. The van der Waals surface area contributed by atoms with Gasteiger partial charge >= 0.3 is 5.97 Å². The number of aromatic amines is 1. The molecule has 0 aliphatic rings. The van der Waals surface area contributed by atoms with Gasteiger partial charge in [0.2, 0.25) is 0 Å². The first-order valence-electron chi connectivity index (χ1n) is 6.24. The van der Waals surface area contributed by atoms with Crippen molar-refractivity contribution in [1.82, 2.24) is 20.5 Å². The predicted octanol–water partition coefficient (Wildman–Crippen LogP) is 1.11. The average molecular weight is 276 g/mol. The molecule has 2 aromatic heterocycles.